The van der Waals surface area contributed by atoms with Crippen molar-refractivity contribution in [2.24, 2.45) is 11.7 Å². The van der Waals surface area contributed by atoms with E-state index in [4.69, 9.17) is 22.1 Å². The maximum absolute atomic E-state index is 12.8. The highest BCUT2D eigenvalue weighted by molar-refractivity contribution is 7.17. The maximum Gasteiger partial charge on any atom is 0.322 e. The molecule has 1 saturated heterocycles. The predicted molar refractivity (Wildman–Crippen MR) is 163 cm³/mol. The summed E-state index contributed by atoms with van der Waals surface area (Å²) < 4.78 is 5.38. The first-order valence-corrected chi connectivity index (χ1v) is 14.8. The number of nitrogens with zero attached hydrogens (tertiary/aromatic N) is 5. The minimum absolute atomic E-state index is 0.280. The molecule has 0 aliphatic carbocycles. The monoisotopic (exact) mass is 600 g/mol. The zero-order valence-corrected chi connectivity index (χ0v) is 25.4. The first kappa shape index (κ1) is 30.6. The first-order chi connectivity index (χ1) is 19.6. The highest BCUT2D eigenvalue weighted by atomic mass is 35.5. The van der Waals surface area contributed by atoms with Crippen LogP contribution in [0.4, 0.5) is 22.5 Å². The highest BCUT2D eigenvalue weighted by Crippen LogP contribution is 2.28. The Morgan fingerprint density at radius 3 is 2.63 bits per heavy atom. The summed E-state index contributed by atoms with van der Waals surface area (Å²) >= 11 is 7.48. The van der Waals surface area contributed by atoms with Crippen molar-refractivity contribution in [3.05, 3.63) is 51.7 Å². The van der Waals surface area contributed by atoms with Gasteiger partial charge in [0.2, 0.25) is 0 Å². The first-order valence-electron chi connectivity index (χ1n) is 13.6. The second-order valence-electron chi connectivity index (χ2n) is 10.4. The summed E-state index contributed by atoms with van der Waals surface area (Å²) in [5.41, 5.74) is 7.37. The molecule has 41 heavy (non-hydrogen) atoms. The van der Waals surface area contributed by atoms with E-state index in [0.29, 0.717) is 57.9 Å². The van der Waals surface area contributed by atoms with Gasteiger partial charge in [0, 0.05) is 38.8 Å². The van der Waals surface area contributed by atoms with Crippen molar-refractivity contribution >= 4 is 57.3 Å². The number of aromatic nitrogens is 3. The molecule has 0 bridgehead atoms. The second-order valence-corrected chi connectivity index (χ2v) is 11.9. The largest absolute Gasteiger partial charge is 0.463 e. The van der Waals surface area contributed by atoms with Crippen molar-refractivity contribution in [2.45, 2.75) is 40.2 Å². The van der Waals surface area contributed by atoms with E-state index in [1.54, 1.807) is 6.07 Å². The Bertz CT molecular complexity index is 1340. The van der Waals surface area contributed by atoms with E-state index < -0.39 is 6.04 Å². The van der Waals surface area contributed by atoms with Crippen molar-refractivity contribution in [1.82, 2.24) is 19.9 Å². The molecular formula is C28H37ClN8O3S. The van der Waals surface area contributed by atoms with E-state index in [1.807, 2.05) is 45.9 Å². The van der Waals surface area contributed by atoms with Crippen molar-refractivity contribution < 1.29 is 14.3 Å². The van der Waals surface area contributed by atoms with Crippen LogP contribution in [0.3, 0.4) is 0 Å². The van der Waals surface area contributed by atoms with E-state index in [9.17, 15) is 9.59 Å². The van der Waals surface area contributed by atoms with Gasteiger partial charge < -0.3 is 26.0 Å². The van der Waals surface area contributed by atoms with Crippen LogP contribution in [-0.2, 0) is 9.53 Å². The van der Waals surface area contributed by atoms with Crippen molar-refractivity contribution in [3.63, 3.8) is 0 Å². The summed E-state index contributed by atoms with van der Waals surface area (Å²) in [7, 11) is 0. The zero-order chi connectivity index (χ0) is 29.5. The van der Waals surface area contributed by atoms with Gasteiger partial charge in [-0.2, -0.15) is 0 Å². The third kappa shape index (κ3) is 8.59. The van der Waals surface area contributed by atoms with Gasteiger partial charge >= 0.3 is 5.97 Å². The normalized spacial score (nSPS) is 14.7. The number of benzene rings is 1. The Morgan fingerprint density at radius 2 is 1.93 bits per heavy atom. The number of aryl methyl sites for hydroxylation is 2. The van der Waals surface area contributed by atoms with Gasteiger partial charge in [0.25, 0.3) is 5.91 Å². The van der Waals surface area contributed by atoms with Gasteiger partial charge in [0.15, 0.2) is 5.13 Å². The second kappa shape index (κ2) is 14.0. The van der Waals surface area contributed by atoms with E-state index in [2.05, 4.69) is 35.4 Å². The topological polar surface area (TPSA) is 139 Å². The van der Waals surface area contributed by atoms with Crippen LogP contribution in [0.2, 0.25) is 5.02 Å². The number of piperazine rings is 1. The number of nitrogens with two attached hydrogens (primary N) is 1. The molecule has 4 rings (SSSR count). The average Bonchev–Trinajstić information content (AvgIpc) is 3.39. The fourth-order valence-corrected chi connectivity index (χ4v) is 5.46. The lowest BCUT2D eigenvalue weighted by Crippen LogP contribution is -2.48. The molecule has 4 N–H and O–H groups in total. The number of thiazole rings is 1. The third-order valence-corrected chi connectivity index (χ3v) is 7.85. The van der Waals surface area contributed by atoms with E-state index >= 15 is 0 Å². The summed E-state index contributed by atoms with van der Waals surface area (Å²) in [6.07, 6.45) is 2.15. The quantitative estimate of drug-likeness (QED) is 0.274. The molecule has 3 aromatic rings. The summed E-state index contributed by atoms with van der Waals surface area (Å²) in [6, 6.07) is 6.78. The molecule has 1 aliphatic rings. The Morgan fingerprint density at radius 1 is 1.17 bits per heavy atom. The summed E-state index contributed by atoms with van der Waals surface area (Å²) in [4.78, 5) is 43.3. The molecule has 3 heterocycles. The summed E-state index contributed by atoms with van der Waals surface area (Å²) in [5, 5.41) is 7.11. The lowest BCUT2D eigenvalue weighted by atomic mass is 10.1. The van der Waals surface area contributed by atoms with Gasteiger partial charge in [-0.15, -0.1) is 0 Å². The van der Waals surface area contributed by atoms with Gasteiger partial charge in [-0.05, 0) is 37.8 Å². The van der Waals surface area contributed by atoms with Gasteiger partial charge in [-0.1, -0.05) is 48.9 Å². The highest BCUT2D eigenvalue weighted by Gasteiger charge is 2.21. The van der Waals surface area contributed by atoms with Gasteiger partial charge in [-0.3, -0.25) is 14.5 Å². The minimum atomic E-state index is -0.568. The number of hydrogen-bond acceptors (Lipinski definition) is 11. The molecule has 1 atom stereocenters. The predicted octanol–water partition coefficient (Wildman–Crippen LogP) is 4.24. The van der Waals surface area contributed by atoms with Gasteiger partial charge in [-0.25, -0.2) is 15.0 Å². The van der Waals surface area contributed by atoms with Crippen LogP contribution in [0.1, 0.15) is 41.3 Å². The van der Waals surface area contributed by atoms with Crippen LogP contribution in [0, 0.1) is 19.8 Å². The Labute approximate surface area is 249 Å². The standard InChI is InChI=1S/C28H37ClN8O3S/c1-17(2)14-21(30)27(39)40-13-12-36-8-10-37(11-9-36)24-15-23(32-19(4)33-24)34-28-31-16-22(41-28)26(38)35-25-18(3)6-5-7-20(25)29/h5-7,15-17,21H,8-14,30H2,1-4H3,(H,35,38)(H,31,32,33,34)/t21-/m1/s1. The number of para-hydroxylation sites is 1. The molecule has 0 spiro atoms. The van der Waals surface area contributed by atoms with Gasteiger partial charge in [0.05, 0.1) is 16.9 Å². The SMILES string of the molecule is Cc1nc(Nc2ncc(C(=O)Nc3c(C)cccc3Cl)s2)cc(N2CCN(CCOC(=O)[C@H](N)CC(C)C)CC2)n1. The summed E-state index contributed by atoms with van der Waals surface area (Å²) in [5.74, 6) is 1.77. The molecule has 0 radical (unpaired) electrons. The van der Waals surface area contributed by atoms with E-state index in [-0.39, 0.29) is 11.9 Å². The van der Waals surface area contributed by atoms with Crippen LogP contribution in [0.15, 0.2) is 30.5 Å². The van der Waals surface area contributed by atoms with Crippen LogP contribution in [0.25, 0.3) is 0 Å². The molecule has 0 saturated carbocycles. The molecule has 0 unspecified atom stereocenters. The lowest BCUT2D eigenvalue weighted by Gasteiger charge is -2.35. The Kier molecular flexibility index (Phi) is 10.5. The average molecular weight is 601 g/mol. The van der Waals surface area contributed by atoms with Crippen molar-refractivity contribution in [3.8, 4) is 0 Å². The molecule has 1 aliphatic heterocycles. The van der Waals surface area contributed by atoms with Crippen LogP contribution in [0.5, 0.6) is 0 Å². The molecule has 2 aromatic heterocycles. The number of carbonyl (C=O) groups is 2. The number of carbonyl (C=O) groups excluding carboxylic acids is 2. The number of hydrogen-bond donors (Lipinski definition) is 3. The molecule has 1 aromatic carbocycles. The number of ether oxygens (including phenoxy) is 1. The number of anilines is 4. The summed E-state index contributed by atoms with van der Waals surface area (Å²) in [6.45, 7) is 12.0. The van der Waals surface area contributed by atoms with Crippen LogP contribution < -0.4 is 21.3 Å². The molecule has 11 nitrogen and oxygen atoms in total. The maximum atomic E-state index is 12.8. The number of esters is 1. The molecule has 1 amide bonds. The molecule has 220 valence electrons. The number of amides is 1. The fourth-order valence-electron chi connectivity index (χ4n) is 4.48. The number of halogens is 1. The molecule has 1 fully saturated rings. The molecular weight excluding hydrogens is 564 g/mol. The van der Waals surface area contributed by atoms with Crippen LogP contribution >= 0.6 is 22.9 Å². The van der Waals surface area contributed by atoms with Gasteiger partial charge in [0.1, 0.15) is 35.0 Å². The Hall–Kier alpha value is -3.32. The molecule has 13 heteroatoms. The Balaban J connectivity index is 1.29. The number of rotatable bonds is 11. The fraction of sp³-hybridized carbons (Fsp3) is 0.464. The van der Waals surface area contributed by atoms with E-state index in [0.717, 1.165) is 37.6 Å². The lowest BCUT2D eigenvalue weighted by molar-refractivity contribution is -0.146. The number of nitrogens with one attached hydrogen (secondary N) is 2. The van der Waals surface area contributed by atoms with Crippen molar-refractivity contribution in [1.29, 1.82) is 0 Å². The third-order valence-electron chi connectivity index (χ3n) is 6.63. The van der Waals surface area contributed by atoms with Crippen molar-refractivity contribution in [2.75, 3.05) is 54.9 Å². The minimum Gasteiger partial charge on any atom is -0.463 e. The smallest absolute Gasteiger partial charge is 0.322 e. The van der Waals surface area contributed by atoms with E-state index in [1.165, 1.54) is 17.5 Å². The zero-order valence-electron chi connectivity index (χ0n) is 23.8. The van der Waals surface area contributed by atoms with Crippen LogP contribution in [-0.4, -0.2) is 77.1 Å².